The van der Waals surface area contributed by atoms with Crippen molar-refractivity contribution in [1.82, 2.24) is 0 Å². The summed E-state index contributed by atoms with van der Waals surface area (Å²) in [5.41, 5.74) is 0.175. The highest BCUT2D eigenvalue weighted by atomic mass is 19.1. The van der Waals surface area contributed by atoms with Crippen molar-refractivity contribution in [1.29, 1.82) is 0 Å². The van der Waals surface area contributed by atoms with Gasteiger partial charge in [-0.3, -0.25) is 4.79 Å². The van der Waals surface area contributed by atoms with Gasteiger partial charge in [-0.15, -0.1) is 0 Å². The molecular formula is C11H12F2O2. The quantitative estimate of drug-likeness (QED) is 0.839. The molecule has 0 aliphatic carbocycles. The van der Waals surface area contributed by atoms with E-state index in [0.29, 0.717) is 5.56 Å². The second-order valence-corrected chi connectivity index (χ2v) is 3.60. The summed E-state index contributed by atoms with van der Waals surface area (Å²) in [6.45, 7) is 2.94. The third-order valence-electron chi connectivity index (χ3n) is 2.31. The van der Waals surface area contributed by atoms with Gasteiger partial charge in [-0.2, -0.15) is 0 Å². The molecule has 0 aliphatic rings. The molecule has 0 heterocycles. The fraction of sp³-hybridized carbons (Fsp3) is 0.364. The summed E-state index contributed by atoms with van der Waals surface area (Å²) in [6, 6.07) is 2.49. The highest BCUT2D eigenvalue weighted by molar-refractivity contribution is 5.69. The van der Waals surface area contributed by atoms with Crippen LogP contribution in [-0.2, 0) is 11.2 Å². The second-order valence-electron chi connectivity index (χ2n) is 3.60. The van der Waals surface area contributed by atoms with E-state index in [1.54, 1.807) is 0 Å². The predicted molar refractivity (Wildman–Crippen MR) is 51.6 cm³/mol. The van der Waals surface area contributed by atoms with Crippen molar-refractivity contribution in [2.45, 2.75) is 20.3 Å². The molecule has 0 radical (unpaired) electrons. The Morgan fingerprint density at radius 2 is 2.07 bits per heavy atom. The van der Waals surface area contributed by atoms with Crippen LogP contribution in [0.2, 0.25) is 0 Å². The third-order valence-corrected chi connectivity index (χ3v) is 2.31. The minimum Gasteiger partial charge on any atom is -0.481 e. The largest absolute Gasteiger partial charge is 0.481 e. The lowest BCUT2D eigenvalue weighted by atomic mass is 9.98. The standard InChI is InChI=1S/C11H12F2O2/c1-6-3-4-9(12)8(10(6)13)5-7(2)11(14)15/h3-4,7H,5H2,1-2H3,(H,14,15). The van der Waals surface area contributed by atoms with Crippen molar-refractivity contribution >= 4 is 5.97 Å². The molecule has 1 atom stereocenters. The minimum atomic E-state index is -1.06. The van der Waals surface area contributed by atoms with Crippen molar-refractivity contribution in [2.24, 2.45) is 5.92 Å². The molecule has 1 rings (SSSR count). The molecule has 0 fully saturated rings. The number of benzene rings is 1. The van der Waals surface area contributed by atoms with Crippen LogP contribution in [0.4, 0.5) is 8.78 Å². The molecule has 2 nitrogen and oxygen atoms in total. The topological polar surface area (TPSA) is 37.3 Å². The second kappa shape index (κ2) is 4.38. The van der Waals surface area contributed by atoms with E-state index in [2.05, 4.69) is 0 Å². The average Bonchev–Trinajstić information content (AvgIpc) is 2.18. The van der Waals surface area contributed by atoms with Gasteiger partial charge >= 0.3 is 5.97 Å². The maximum atomic E-state index is 13.5. The number of hydrogen-bond acceptors (Lipinski definition) is 1. The number of aryl methyl sites for hydroxylation is 1. The Balaban J connectivity index is 3.03. The SMILES string of the molecule is Cc1ccc(F)c(CC(C)C(=O)O)c1F. The van der Waals surface area contributed by atoms with Gasteiger partial charge in [0, 0.05) is 5.56 Å². The van der Waals surface area contributed by atoms with E-state index in [1.165, 1.54) is 19.9 Å². The first kappa shape index (κ1) is 11.6. The van der Waals surface area contributed by atoms with Crippen LogP contribution in [0.3, 0.4) is 0 Å². The Morgan fingerprint density at radius 3 is 2.60 bits per heavy atom. The molecule has 0 aliphatic heterocycles. The molecule has 1 aromatic rings. The van der Waals surface area contributed by atoms with Crippen LogP contribution in [0.15, 0.2) is 12.1 Å². The lowest BCUT2D eigenvalue weighted by Gasteiger charge is -2.09. The molecule has 1 unspecified atom stereocenters. The van der Waals surface area contributed by atoms with E-state index in [9.17, 15) is 13.6 Å². The van der Waals surface area contributed by atoms with Crippen LogP contribution >= 0.6 is 0 Å². The summed E-state index contributed by atoms with van der Waals surface area (Å²) in [4.78, 5) is 10.6. The Kier molecular flexibility index (Phi) is 3.39. The molecule has 4 heteroatoms. The highest BCUT2D eigenvalue weighted by Crippen LogP contribution is 2.19. The van der Waals surface area contributed by atoms with Crippen molar-refractivity contribution in [2.75, 3.05) is 0 Å². The van der Waals surface area contributed by atoms with Crippen LogP contribution in [0, 0.1) is 24.5 Å². The Hall–Kier alpha value is -1.45. The predicted octanol–water partition coefficient (Wildman–Crippen LogP) is 2.54. The van der Waals surface area contributed by atoms with E-state index < -0.39 is 23.5 Å². The van der Waals surface area contributed by atoms with Gasteiger partial charge in [0.05, 0.1) is 5.92 Å². The molecule has 0 spiro atoms. The van der Waals surface area contributed by atoms with E-state index in [4.69, 9.17) is 5.11 Å². The zero-order valence-electron chi connectivity index (χ0n) is 8.55. The number of aliphatic carboxylic acids is 1. The van der Waals surface area contributed by atoms with E-state index >= 15 is 0 Å². The van der Waals surface area contributed by atoms with Crippen molar-refractivity contribution in [3.8, 4) is 0 Å². The average molecular weight is 214 g/mol. The lowest BCUT2D eigenvalue weighted by molar-refractivity contribution is -0.141. The first-order chi connectivity index (χ1) is 6.93. The lowest BCUT2D eigenvalue weighted by Crippen LogP contribution is -2.14. The van der Waals surface area contributed by atoms with Crippen molar-refractivity contribution in [3.05, 3.63) is 34.9 Å². The Morgan fingerprint density at radius 1 is 1.47 bits per heavy atom. The summed E-state index contributed by atoms with van der Waals surface area (Å²) in [6.07, 6.45) is -0.130. The van der Waals surface area contributed by atoms with Crippen LogP contribution < -0.4 is 0 Å². The zero-order valence-corrected chi connectivity index (χ0v) is 8.55. The fourth-order valence-corrected chi connectivity index (χ4v) is 1.30. The molecule has 0 aromatic heterocycles. The highest BCUT2D eigenvalue weighted by Gasteiger charge is 2.18. The molecule has 82 valence electrons. The fourth-order valence-electron chi connectivity index (χ4n) is 1.30. The first-order valence-corrected chi connectivity index (χ1v) is 4.59. The summed E-state index contributed by atoms with van der Waals surface area (Å²) < 4.78 is 26.7. The van der Waals surface area contributed by atoms with Gasteiger partial charge in [0.25, 0.3) is 0 Å². The summed E-state index contributed by atoms with van der Waals surface area (Å²) >= 11 is 0. The molecule has 1 N–H and O–H groups in total. The molecule has 0 amide bonds. The van der Waals surface area contributed by atoms with Gasteiger partial charge in [-0.1, -0.05) is 13.0 Å². The zero-order chi connectivity index (χ0) is 11.6. The summed E-state index contributed by atoms with van der Waals surface area (Å²) in [5.74, 6) is -3.19. The maximum Gasteiger partial charge on any atom is 0.306 e. The Bertz CT molecular complexity index is 388. The number of rotatable bonds is 3. The normalized spacial score (nSPS) is 12.5. The number of carboxylic acid groups (broad SMARTS) is 1. The van der Waals surface area contributed by atoms with Crippen molar-refractivity contribution in [3.63, 3.8) is 0 Å². The number of carboxylic acids is 1. The molecule has 0 saturated carbocycles. The van der Waals surface area contributed by atoms with Crippen LogP contribution in [0.25, 0.3) is 0 Å². The van der Waals surface area contributed by atoms with Gasteiger partial charge in [0.2, 0.25) is 0 Å². The van der Waals surface area contributed by atoms with Crippen LogP contribution in [0.5, 0.6) is 0 Å². The monoisotopic (exact) mass is 214 g/mol. The molecular weight excluding hydrogens is 202 g/mol. The van der Waals surface area contributed by atoms with Crippen LogP contribution in [0.1, 0.15) is 18.1 Å². The Labute approximate surface area is 86.5 Å². The summed E-state index contributed by atoms with van der Waals surface area (Å²) in [7, 11) is 0. The number of hydrogen-bond donors (Lipinski definition) is 1. The van der Waals surface area contributed by atoms with E-state index in [-0.39, 0.29) is 12.0 Å². The number of carbonyl (C=O) groups is 1. The molecule has 15 heavy (non-hydrogen) atoms. The smallest absolute Gasteiger partial charge is 0.306 e. The summed E-state index contributed by atoms with van der Waals surface area (Å²) in [5, 5.41) is 8.65. The van der Waals surface area contributed by atoms with Gasteiger partial charge in [-0.05, 0) is 25.0 Å². The molecule has 0 saturated heterocycles. The minimum absolute atomic E-state index is 0.130. The van der Waals surface area contributed by atoms with Gasteiger partial charge < -0.3 is 5.11 Å². The molecule has 0 bridgehead atoms. The van der Waals surface area contributed by atoms with Gasteiger partial charge in [0.1, 0.15) is 11.6 Å². The first-order valence-electron chi connectivity index (χ1n) is 4.59. The van der Waals surface area contributed by atoms with E-state index in [1.807, 2.05) is 0 Å². The van der Waals surface area contributed by atoms with Crippen LogP contribution in [-0.4, -0.2) is 11.1 Å². The van der Waals surface area contributed by atoms with E-state index in [0.717, 1.165) is 6.07 Å². The van der Waals surface area contributed by atoms with Gasteiger partial charge in [0.15, 0.2) is 0 Å². The molecule has 1 aromatic carbocycles. The third kappa shape index (κ3) is 2.52. The van der Waals surface area contributed by atoms with Crippen molar-refractivity contribution < 1.29 is 18.7 Å². The number of halogens is 2. The maximum absolute atomic E-state index is 13.5. The van der Waals surface area contributed by atoms with Gasteiger partial charge in [-0.25, -0.2) is 8.78 Å².